The van der Waals surface area contributed by atoms with Crippen LogP contribution in [0.15, 0.2) is 30.5 Å². The molecule has 1 aromatic carbocycles. The lowest BCUT2D eigenvalue weighted by atomic mass is 9.77. The van der Waals surface area contributed by atoms with Gasteiger partial charge >= 0.3 is 13.1 Å². The highest BCUT2D eigenvalue weighted by Crippen LogP contribution is 2.44. The van der Waals surface area contributed by atoms with Gasteiger partial charge in [0, 0.05) is 54.2 Å². The van der Waals surface area contributed by atoms with E-state index in [1.807, 2.05) is 47.6 Å². The largest absolute Gasteiger partial charge is 0.494 e. The lowest BCUT2D eigenvalue weighted by Crippen LogP contribution is -2.50. The molecule has 54 heavy (non-hydrogen) atoms. The maximum Gasteiger partial charge on any atom is 0.494 e. The number of esters is 1. The van der Waals surface area contributed by atoms with Gasteiger partial charge in [0.2, 0.25) is 0 Å². The number of carbonyl (C=O) groups excluding carboxylic acids is 1. The van der Waals surface area contributed by atoms with Gasteiger partial charge in [-0.25, -0.2) is 9.82 Å². The molecule has 3 aromatic rings. The zero-order valence-electron chi connectivity index (χ0n) is 34.7. The average Bonchev–Trinajstić information content (AvgIpc) is 3.74. The van der Waals surface area contributed by atoms with E-state index in [1.54, 1.807) is 20.0 Å². The summed E-state index contributed by atoms with van der Waals surface area (Å²) in [5, 5.41) is 22.1. The molecule has 3 fully saturated rings. The molecule has 4 atom stereocenters. The maximum absolute atomic E-state index is 15.7. The van der Waals surface area contributed by atoms with Crippen molar-refractivity contribution < 1.29 is 33.4 Å². The van der Waals surface area contributed by atoms with Crippen LogP contribution in [0.1, 0.15) is 124 Å². The van der Waals surface area contributed by atoms with E-state index >= 15 is 4.39 Å². The third kappa shape index (κ3) is 9.04. The van der Waals surface area contributed by atoms with Crippen molar-refractivity contribution in [2.75, 3.05) is 26.8 Å². The van der Waals surface area contributed by atoms with Crippen molar-refractivity contribution >= 4 is 29.5 Å². The Bertz CT molecular complexity index is 1720. The number of fused-ring (bicyclic) bond motifs is 1. The van der Waals surface area contributed by atoms with Crippen molar-refractivity contribution in [2.24, 2.45) is 5.41 Å². The molecule has 5 N–H and O–H groups in total. The zero-order chi connectivity index (χ0) is 40.2. The predicted octanol–water partition coefficient (Wildman–Crippen LogP) is 5.84. The third-order valence-electron chi connectivity index (χ3n) is 11.2. The van der Waals surface area contributed by atoms with Crippen LogP contribution in [0, 0.1) is 5.41 Å². The van der Waals surface area contributed by atoms with E-state index in [0.29, 0.717) is 31.6 Å². The number of aliphatic hydroxyl groups excluding tert-OH is 2. The number of aliphatic hydroxyl groups is 2. The molecule has 0 radical (unpaired) electrons. The standard InChI is InChI=1S/C38H55BFN5O5.C2H6.CH4O/c1-10-45-31-14-13-25(39-49-36(5,6)37(7,8)50-39)19-26(31)28(20-35(3,4)22-48-34(47)30-12-11-16-43-44-30)33(45)27-18-24(21-41-32(27)23(2)46)29-15-17-42-38(29,9)40;2*1-2/h13-14,18-19,21,23,29-30,42-44,46H,10-12,15-17,20,22H2,1-9H3;1-2H3;2H,1H3/t23?,29?,30-,38?;;/m0../s1. The van der Waals surface area contributed by atoms with Crippen LogP contribution in [-0.4, -0.2) is 82.7 Å². The SMILES string of the molecule is CC.CCn1c(-c2cc(C3CCNC3(C)F)cnc2C(C)O)c(CC(C)(C)COC(=O)[C@@H]2CCCNN2)c2cc(B3OC(C)(C)C(C)(C)O3)ccc21.CO. The molecule has 3 aliphatic rings. The molecule has 5 heterocycles. The Morgan fingerprint density at radius 3 is 2.33 bits per heavy atom. The summed E-state index contributed by atoms with van der Waals surface area (Å²) >= 11 is 0. The number of alkyl halides is 1. The van der Waals surface area contributed by atoms with Crippen LogP contribution < -0.4 is 21.6 Å². The van der Waals surface area contributed by atoms with Gasteiger partial charge in [-0.2, -0.15) is 0 Å². The summed E-state index contributed by atoms with van der Waals surface area (Å²) < 4.78 is 36.8. The number of benzene rings is 1. The number of nitrogens with zero attached hydrogens (tertiary/aromatic N) is 2. The number of hydrogen-bond acceptors (Lipinski definition) is 10. The van der Waals surface area contributed by atoms with Crippen LogP contribution >= 0.6 is 0 Å². The number of aromatic nitrogens is 2. The lowest BCUT2D eigenvalue weighted by molar-refractivity contribution is -0.150. The van der Waals surface area contributed by atoms with Gasteiger partial charge in [-0.05, 0) is 109 Å². The first-order chi connectivity index (χ1) is 25.4. The fraction of sp³-hybridized carbons (Fsp3) is 0.659. The number of halogens is 1. The molecule has 300 valence electrons. The van der Waals surface area contributed by atoms with E-state index in [-0.39, 0.29) is 24.5 Å². The minimum absolute atomic E-state index is 0.217. The van der Waals surface area contributed by atoms with Crippen molar-refractivity contribution in [3.8, 4) is 11.3 Å². The summed E-state index contributed by atoms with van der Waals surface area (Å²) in [4.78, 5) is 17.8. The predicted molar refractivity (Wildman–Crippen MR) is 214 cm³/mol. The fourth-order valence-electron chi connectivity index (χ4n) is 7.66. The van der Waals surface area contributed by atoms with Crippen LogP contribution in [-0.2, 0) is 31.8 Å². The van der Waals surface area contributed by atoms with Crippen LogP contribution in [0.2, 0.25) is 0 Å². The molecule has 3 unspecified atom stereocenters. The minimum Gasteiger partial charge on any atom is -0.464 e. The molecule has 0 aliphatic carbocycles. The van der Waals surface area contributed by atoms with Gasteiger partial charge < -0.3 is 28.8 Å². The molecule has 2 aromatic heterocycles. The molecule has 13 heteroatoms. The molecule has 3 saturated heterocycles. The second kappa shape index (κ2) is 17.5. The molecule has 0 bridgehead atoms. The summed E-state index contributed by atoms with van der Waals surface area (Å²) in [5.74, 6) is -2.22. The number of pyridine rings is 1. The smallest absolute Gasteiger partial charge is 0.464 e. The number of nitrogens with one attached hydrogen (secondary N) is 3. The van der Waals surface area contributed by atoms with Gasteiger partial charge in [-0.3, -0.25) is 20.5 Å². The van der Waals surface area contributed by atoms with Gasteiger partial charge in [0.05, 0.1) is 35.3 Å². The van der Waals surface area contributed by atoms with Crippen LogP contribution in [0.3, 0.4) is 0 Å². The number of carbonyl (C=O) groups is 1. The molecule has 0 spiro atoms. The Morgan fingerprint density at radius 2 is 1.78 bits per heavy atom. The number of aryl methyl sites for hydroxylation is 1. The second-order valence-corrected chi connectivity index (χ2v) is 16.4. The van der Waals surface area contributed by atoms with E-state index in [4.69, 9.17) is 24.1 Å². The monoisotopic (exact) mass is 754 g/mol. The second-order valence-electron chi connectivity index (χ2n) is 16.4. The summed E-state index contributed by atoms with van der Waals surface area (Å²) in [6.07, 6.45) is 3.68. The first-order valence-corrected chi connectivity index (χ1v) is 19.7. The van der Waals surface area contributed by atoms with E-state index < -0.39 is 35.6 Å². The minimum atomic E-state index is -1.57. The number of rotatable bonds is 10. The summed E-state index contributed by atoms with van der Waals surface area (Å²) in [6.45, 7) is 24.1. The van der Waals surface area contributed by atoms with Gasteiger partial charge in [-0.15, -0.1) is 0 Å². The van der Waals surface area contributed by atoms with Crippen LogP contribution in [0.5, 0.6) is 0 Å². The van der Waals surface area contributed by atoms with Crippen LogP contribution in [0.4, 0.5) is 4.39 Å². The highest BCUT2D eigenvalue weighted by molar-refractivity contribution is 6.62. The van der Waals surface area contributed by atoms with Crippen molar-refractivity contribution in [3.63, 3.8) is 0 Å². The quantitative estimate of drug-likeness (QED) is 0.0976. The van der Waals surface area contributed by atoms with E-state index in [1.165, 1.54) is 0 Å². The molecule has 11 nitrogen and oxygen atoms in total. The van der Waals surface area contributed by atoms with Gasteiger partial charge in [-0.1, -0.05) is 39.8 Å². The lowest BCUT2D eigenvalue weighted by Gasteiger charge is -2.32. The zero-order valence-corrected chi connectivity index (χ0v) is 34.7. The normalized spacial score (nSPS) is 24.0. The first-order valence-electron chi connectivity index (χ1n) is 19.7. The number of ether oxygens (including phenoxy) is 1. The summed E-state index contributed by atoms with van der Waals surface area (Å²) in [7, 11) is 0.450. The number of hydrogen-bond donors (Lipinski definition) is 5. The van der Waals surface area contributed by atoms with Crippen LogP contribution in [0.25, 0.3) is 22.2 Å². The molecule has 0 saturated carbocycles. The van der Waals surface area contributed by atoms with Gasteiger partial charge in [0.15, 0.2) is 5.79 Å². The van der Waals surface area contributed by atoms with E-state index in [2.05, 4.69) is 59.7 Å². The molecule has 6 rings (SSSR count). The summed E-state index contributed by atoms with van der Waals surface area (Å²) in [5.41, 5.74) is 10.6. The molecular weight excluding hydrogens is 688 g/mol. The Hall–Kier alpha value is -2.91. The molecule has 0 amide bonds. The van der Waals surface area contributed by atoms with Crippen molar-refractivity contribution in [1.82, 2.24) is 25.7 Å². The topological polar surface area (TPSA) is 139 Å². The van der Waals surface area contributed by atoms with E-state index in [9.17, 15) is 9.90 Å². The Morgan fingerprint density at radius 1 is 1.11 bits per heavy atom. The Balaban J connectivity index is 0.00000157. The van der Waals surface area contributed by atoms with Crippen molar-refractivity contribution in [3.05, 3.63) is 47.3 Å². The third-order valence-corrected chi connectivity index (χ3v) is 11.2. The first kappa shape index (κ1) is 43.8. The Kier molecular flexibility index (Phi) is 14.2. The maximum atomic E-state index is 15.7. The van der Waals surface area contributed by atoms with Gasteiger partial charge in [0.1, 0.15) is 6.04 Å². The van der Waals surface area contributed by atoms with E-state index in [0.717, 1.165) is 65.2 Å². The molecular formula is C41H65BFN5O6. The van der Waals surface area contributed by atoms with Gasteiger partial charge in [0.25, 0.3) is 0 Å². The number of hydrazine groups is 1. The highest BCUT2D eigenvalue weighted by Gasteiger charge is 2.52. The fourth-order valence-corrected chi connectivity index (χ4v) is 7.66. The average molecular weight is 754 g/mol. The Labute approximate surface area is 322 Å². The highest BCUT2D eigenvalue weighted by atomic mass is 19.1. The van der Waals surface area contributed by atoms with Crippen molar-refractivity contribution in [1.29, 1.82) is 0 Å². The summed E-state index contributed by atoms with van der Waals surface area (Å²) in [6, 6.07) is 7.97. The van der Waals surface area contributed by atoms with Crippen molar-refractivity contribution in [2.45, 2.75) is 143 Å². The molecule has 3 aliphatic heterocycles.